The summed E-state index contributed by atoms with van der Waals surface area (Å²) in [5, 5.41) is 3.10. The number of benzene rings is 1. The second-order valence-electron chi connectivity index (χ2n) is 4.68. The quantitative estimate of drug-likeness (QED) is 0.684. The molecular formula is C16H11F2N3OS2. The topological polar surface area (TPSA) is 54.9 Å². The number of rotatable bonds is 5. The van der Waals surface area contributed by atoms with Gasteiger partial charge in [-0.05, 0) is 23.8 Å². The van der Waals surface area contributed by atoms with Crippen LogP contribution in [0.25, 0.3) is 0 Å². The molecule has 0 spiro atoms. The van der Waals surface area contributed by atoms with Crippen molar-refractivity contribution in [2.24, 2.45) is 0 Å². The van der Waals surface area contributed by atoms with E-state index in [1.807, 2.05) is 0 Å². The summed E-state index contributed by atoms with van der Waals surface area (Å²) < 4.78 is 27.3. The van der Waals surface area contributed by atoms with E-state index in [0.717, 1.165) is 10.3 Å². The molecule has 0 aliphatic carbocycles. The molecule has 3 aromatic rings. The van der Waals surface area contributed by atoms with E-state index >= 15 is 0 Å². The highest BCUT2D eigenvalue weighted by molar-refractivity contribution is 8.00. The minimum Gasteiger partial charge on any atom is -0.296 e. The zero-order valence-corrected chi connectivity index (χ0v) is 13.8. The lowest BCUT2D eigenvalue weighted by Crippen LogP contribution is -2.12. The number of amides is 1. The number of nitrogens with zero attached hydrogens (tertiary/aromatic N) is 2. The van der Waals surface area contributed by atoms with E-state index in [1.54, 1.807) is 24.4 Å². The van der Waals surface area contributed by atoms with Crippen LogP contribution in [0.5, 0.6) is 0 Å². The lowest BCUT2D eigenvalue weighted by molar-refractivity contribution is 0.102. The van der Waals surface area contributed by atoms with Crippen LogP contribution in [0.4, 0.5) is 13.9 Å². The minimum atomic E-state index is -0.599. The summed E-state index contributed by atoms with van der Waals surface area (Å²) >= 11 is 2.64. The number of thiazole rings is 1. The Labute approximate surface area is 145 Å². The monoisotopic (exact) mass is 363 g/mol. The average molecular weight is 363 g/mol. The number of anilines is 1. The lowest BCUT2D eigenvalue weighted by atomic mass is 10.2. The Morgan fingerprint density at radius 3 is 2.83 bits per heavy atom. The van der Waals surface area contributed by atoms with Gasteiger partial charge >= 0.3 is 0 Å². The van der Waals surface area contributed by atoms with E-state index in [4.69, 9.17) is 0 Å². The van der Waals surface area contributed by atoms with Crippen LogP contribution in [0.2, 0.25) is 0 Å². The van der Waals surface area contributed by atoms with Crippen molar-refractivity contribution in [1.29, 1.82) is 0 Å². The predicted octanol–water partition coefficient (Wildman–Crippen LogP) is 4.36. The molecule has 0 fully saturated rings. The van der Waals surface area contributed by atoms with E-state index in [2.05, 4.69) is 15.3 Å². The number of hydrogen-bond acceptors (Lipinski definition) is 5. The van der Waals surface area contributed by atoms with Crippen molar-refractivity contribution in [3.8, 4) is 0 Å². The molecule has 0 saturated heterocycles. The molecule has 24 heavy (non-hydrogen) atoms. The molecule has 3 rings (SSSR count). The van der Waals surface area contributed by atoms with E-state index < -0.39 is 11.6 Å². The van der Waals surface area contributed by atoms with Gasteiger partial charge in [-0.15, -0.1) is 11.8 Å². The fourth-order valence-corrected chi connectivity index (χ4v) is 3.68. The molecular weight excluding hydrogens is 352 g/mol. The van der Waals surface area contributed by atoms with Gasteiger partial charge in [0.25, 0.3) is 5.91 Å². The van der Waals surface area contributed by atoms with Gasteiger partial charge in [0.1, 0.15) is 17.3 Å². The van der Waals surface area contributed by atoms with Crippen molar-refractivity contribution in [2.45, 2.75) is 9.96 Å². The number of thioether (sulfide) groups is 1. The summed E-state index contributed by atoms with van der Waals surface area (Å²) in [5.41, 5.74) is 0.712. The van der Waals surface area contributed by atoms with E-state index in [-0.39, 0.29) is 5.91 Å². The largest absolute Gasteiger partial charge is 0.296 e. The van der Waals surface area contributed by atoms with Crippen molar-refractivity contribution < 1.29 is 13.6 Å². The van der Waals surface area contributed by atoms with Crippen molar-refractivity contribution in [1.82, 2.24) is 9.97 Å². The molecule has 1 amide bonds. The number of carbonyl (C=O) groups is 1. The number of nitrogens with one attached hydrogen (secondary N) is 1. The molecule has 2 aromatic heterocycles. The number of halogens is 2. The fourth-order valence-electron chi connectivity index (χ4n) is 1.83. The van der Waals surface area contributed by atoms with E-state index in [1.165, 1.54) is 41.4 Å². The second-order valence-corrected chi connectivity index (χ2v) is 6.98. The first-order chi connectivity index (χ1) is 11.6. The van der Waals surface area contributed by atoms with Crippen LogP contribution in [0, 0.1) is 11.6 Å². The number of hydrogen-bond donors (Lipinski definition) is 1. The van der Waals surface area contributed by atoms with Gasteiger partial charge in [-0.3, -0.25) is 15.1 Å². The Kier molecular flexibility index (Phi) is 5.17. The molecule has 0 bridgehead atoms. The lowest BCUT2D eigenvalue weighted by Gasteiger charge is -2.01. The molecule has 0 aliphatic rings. The molecule has 8 heteroatoms. The van der Waals surface area contributed by atoms with Crippen LogP contribution in [0.15, 0.2) is 53.0 Å². The van der Waals surface area contributed by atoms with Crippen molar-refractivity contribution in [2.75, 3.05) is 5.32 Å². The molecule has 0 unspecified atom stereocenters. The molecule has 122 valence electrons. The third-order valence-corrected chi connectivity index (χ3v) is 5.14. The number of carbonyl (C=O) groups excluding carboxylic acids is 1. The Morgan fingerprint density at radius 1 is 1.21 bits per heavy atom. The highest BCUT2D eigenvalue weighted by atomic mass is 32.2. The Hall–Kier alpha value is -2.32. The molecule has 0 radical (unpaired) electrons. The summed E-state index contributed by atoms with van der Waals surface area (Å²) in [7, 11) is 0. The van der Waals surface area contributed by atoms with Crippen LogP contribution in [0.3, 0.4) is 0 Å². The van der Waals surface area contributed by atoms with Crippen LogP contribution in [0.1, 0.15) is 16.1 Å². The molecule has 1 N–H and O–H groups in total. The van der Waals surface area contributed by atoms with Gasteiger partial charge in [-0.25, -0.2) is 13.8 Å². The highest BCUT2D eigenvalue weighted by Gasteiger charge is 2.11. The average Bonchev–Trinajstić information content (AvgIpc) is 3.02. The maximum absolute atomic E-state index is 13.6. The number of aromatic nitrogens is 2. The highest BCUT2D eigenvalue weighted by Crippen LogP contribution is 2.31. The van der Waals surface area contributed by atoms with Gasteiger partial charge in [0.2, 0.25) is 0 Å². The van der Waals surface area contributed by atoms with E-state index in [9.17, 15) is 13.6 Å². The Bertz CT molecular complexity index is 856. The summed E-state index contributed by atoms with van der Waals surface area (Å²) in [6, 6.07) is 8.56. The van der Waals surface area contributed by atoms with Crippen molar-refractivity contribution in [3.63, 3.8) is 0 Å². The van der Waals surface area contributed by atoms with Gasteiger partial charge in [0.05, 0.1) is 10.4 Å². The molecule has 2 heterocycles. The summed E-state index contributed by atoms with van der Waals surface area (Å²) in [5.74, 6) is -1.16. The fraction of sp³-hybridized carbons (Fsp3) is 0.0625. The maximum atomic E-state index is 13.6. The van der Waals surface area contributed by atoms with Gasteiger partial charge in [0, 0.05) is 18.0 Å². The van der Waals surface area contributed by atoms with Gasteiger partial charge in [-0.1, -0.05) is 23.5 Å². The normalized spacial score (nSPS) is 10.6. The molecule has 0 saturated carbocycles. The van der Waals surface area contributed by atoms with Crippen molar-refractivity contribution in [3.05, 3.63) is 71.7 Å². The zero-order valence-electron chi connectivity index (χ0n) is 12.2. The van der Waals surface area contributed by atoms with E-state index in [0.29, 0.717) is 22.1 Å². The third kappa shape index (κ3) is 4.15. The van der Waals surface area contributed by atoms with Crippen LogP contribution in [-0.4, -0.2) is 15.9 Å². The maximum Gasteiger partial charge on any atom is 0.276 e. The van der Waals surface area contributed by atoms with Crippen LogP contribution >= 0.6 is 23.1 Å². The summed E-state index contributed by atoms with van der Waals surface area (Å²) in [6.45, 7) is 0. The molecule has 0 atom stereocenters. The van der Waals surface area contributed by atoms with Gasteiger partial charge in [0.15, 0.2) is 5.13 Å². The first kappa shape index (κ1) is 16.5. The first-order valence-electron chi connectivity index (χ1n) is 6.87. The van der Waals surface area contributed by atoms with Gasteiger partial charge in [-0.2, -0.15) is 0 Å². The van der Waals surface area contributed by atoms with Gasteiger partial charge < -0.3 is 0 Å². The molecule has 1 aromatic carbocycles. The molecule has 4 nitrogen and oxygen atoms in total. The SMILES string of the molecule is O=C(Nc1ncc(SCc2ccc(F)cc2F)s1)c1ccccn1. The van der Waals surface area contributed by atoms with Crippen LogP contribution < -0.4 is 5.32 Å². The first-order valence-corrected chi connectivity index (χ1v) is 8.67. The zero-order chi connectivity index (χ0) is 16.9. The smallest absolute Gasteiger partial charge is 0.276 e. The summed E-state index contributed by atoms with van der Waals surface area (Å²) in [4.78, 5) is 20.1. The molecule has 0 aliphatic heterocycles. The number of pyridine rings is 1. The third-order valence-electron chi connectivity index (χ3n) is 2.99. The minimum absolute atomic E-state index is 0.301. The summed E-state index contributed by atoms with van der Waals surface area (Å²) in [6.07, 6.45) is 3.14. The van der Waals surface area contributed by atoms with Crippen LogP contribution in [-0.2, 0) is 5.75 Å². The standard InChI is InChI=1S/C16H11F2N3OS2/c17-11-5-4-10(12(18)7-11)9-23-14-8-20-16(24-14)21-15(22)13-3-1-2-6-19-13/h1-8H,9H2,(H,20,21,22). The predicted molar refractivity (Wildman–Crippen MR) is 90.2 cm³/mol. The Morgan fingerprint density at radius 2 is 2.08 bits per heavy atom. The Balaban J connectivity index is 1.60. The second kappa shape index (κ2) is 7.50. The van der Waals surface area contributed by atoms with Crippen molar-refractivity contribution >= 4 is 34.1 Å².